The van der Waals surface area contributed by atoms with Crippen molar-refractivity contribution >= 4 is 49.9 Å². The van der Waals surface area contributed by atoms with E-state index in [0.717, 1.165) is 4.96 Å². The fraction of sp³-hybridized carbons (Fsp3) is 0. The Morgan fingerprint density at radius 3 is 2.77 bits per heavy atom. The van der Waals surface area contributed by atoms with Gasteiger partial charge in [0.05, 0.1) is 16.8 Å². The maximum Gasteiger partial charge on any atom is 0.294 e. The van der Waals surface area contributed by atoms with Crippen LogP contribution in [0, 0.1) is 0 Å². The van der Waals surface area contributed by atoms with Crippen molar-refractivity contribution < 1.29 is 13.0 Å². The molecule has 10 heteroatoms. The van der Waals surface area contributed by atoms with Gasteiger partial charge < -0.3 is 0 Å². The van der Waals surface area contributed by atoms with Gasteiger partial charge in [-0.2, -0.15) is 13.5 Å². The molecule has 0 bridgehead atoms. The minimum Gasteiger partial charge on any atom is -0.288 e. The first kappa shape index (κ1) is 15.0. The number of fused-ring (bicyclic) bond motifs is 1. The molecule has 0 atom stereocenters. The molecule has 2 aromatic heterocycles. The highest BCUT2D eigenvalue weighted by Crippen LogP contribution is 2.20. The molecular weight excluding hydrogens is 348 g/mol. The minimum atomic E-state index is -4.19. The Labute approximate surface area is 134 Å². The Balaban J connectivity index is 1.77. The molecule has 0 saturated carbocycles. The first-order valence-corrected chi connectivity index (χ1v) is 8.62. The lowest BCUT2D eigenvalue weighted by molar-refractivity contribution is 0.483. The summed E-state index contributed by atoms with van der Waals surface area (Å²) in [5.74, 6) is 0. The Bertz CT molecular complexity index is 945. The number of hydrogen-bond donors (Lipinski definition) is 2. The number of thiazole rings is 1. The highest BCUT2D eigenvalue weighted by Gasteiger charge is 2.09. The van der Waals surface area contributed by atoms with Gasteiger partial charge >= 0.3 is 0 Å². The maximum absolute atomic E-state index is 10.9. The molecule has 7 nitrogen and oxygen atoms in total. The van der Waals surface area contributed by atoms with E-state index in [1.54, 1.807) is 4.40 Å². The number of aromatic nitrogens is 2. The number of imidazole rings is 1. The summed E-state index contributed by atoms with van der Waals surface area (Å²) in [5.41, 5.74) is 3.94. The molecule has 3 rings (SSSR count). The normalized spacial score (nSPS) is 12.3. The summed E-state index contributed by atoms with van der Waals surface area (Å²) in [4.78, 5) is 4.76. The van der Waals surface area contributed by atoms with Crippen LogP contribution in [0.4, 0.5) is 5.69 Å². The van der Waals surface area contributed by atoms with Crippen molar-refractivity contribution in [2.75, 3.05) is 5.43 Å². The Kier molecular flexibility index (Phi) is 3.87. The lowest BCUT2D eigenvalue weighted by Gasteiger charge is -2.01. The fourth-order valence-electron chi connectivity index (χ4n) is 1.76. The van der Waals surface area contributed by atoms with Gasteiger partial charge in [-0.05, 0) is 24.3 Å². The van der Waals surface area contributed by atoms with Crippen LogP contribution in [-0.2, 0) is 10.1 Å². The van der Waals surface area contributed by atoms with E-state index in [1.165, 1.54) is 41.8 Å². The largest absolute Gasteiger partial charge is 0.294 e. The molecule has 2 N–H and O–H groups in total. The van der Waals surface area contributed by atoms with Crippen molar-refractivity contribution in [2.45, 2.75) is 4.90 Å². The van der Waals surface area contributed by atoms with Gasteiger partial charge in [0.1, 0.15) is 5.69 Å². The molecule has 0 amide bonds. The van der Waals surface area contributed by atoms with Gasteiger partial charge in [-0.3, -0.25) is 14.4 Å². The van der Waals surface area contributed by atoms with E-state index in [9.17, 15) is 8.42 Å². The Hall–Kier alpha value is -1.94. The number of nitrogens with one attached hydrogen (secondary N) is 1. The number of rotatable bonds is 4. The van der Waals surface area contributed by atoms with Crippen LogP contribution in [0.25, 0.3) is 4.96 Å². The molecule has 0 saturated heterocycles. The van der Waals surface area contributed by atoms with Crippen LogP contribution in [0.15, 0.2) is 45.8 Å². The zero-order valence-electron chi connectivity index (χ0n) is 10.8. The standard InChI is InChI=1S/C12H9ClN4O3S2/c13-11-10(17-5-6-21-12(17)15-11)7-14-16-8-1-3-9(4-2-8)22(18,19)20/h1-7,16H,(H,18,19,20). The fourth-order valence-corrected chi connectivity index (χ4v) is 3.23. The van der Waals surface area contributed by atoms with Gasteiger partial charge in [0.2, 0.25) is 0 Å². The van der Waals surface area contributed by atoms with Crippen LogP contribution in [0.5, 0.6) is 0 Å². The summed E-state index contributed by atoms with van der Waals surface area (Å²) in [5, 5.41) is 6.27. The molecule has 0 unspecified atom stereocenters. The highest BCUT2D eigenvalue weighted by molar-refractivity contribution is 7.85. The molecule has 3 aromatic rings. The molecular formula is C12H9ClN4O3S2. The van der Waals surface area contributed by atoms with Gasteiger partial charge in [-0.1, -0.05) is 11.6 Å². The first-order valence-electron chi connectivity index (χ1n) is 5.93. The summed E-state index contributed by atoms with van der Waals surface area (Å²) in [6.07, 6.45) is 3.35. The summed E-state index contributed by atoms with van der Waals surface area (Å²) >= 11 is 7.48. The van der Waals surface area contributed by atoms with E-state index in [4.69, 9.17) is 16.2 Å². The van der Waals surface area contributed by atoms with Crippen molar-refractivity contribution in [3.63, 3.8) is 0 Å². The van der Waals surface area contributed by atoms with E-state index in [1.807, 2.05) is 11.6 Å². The van der Waals surface area contributed by atoms with Crippen LogP contribution in [0.1, 0.15) is 5.69 Å². The highest BCUT2D eigenvalue weighted by atomic mass is 35.5. The summed E-state index contributed by atoms with van der Waals surface area (Å²) in [6, 6.07) is 5.52. The van der Waals surface area contributed by atoms with Crippen molar-refractivity contribution in [3.05, 3.63) is 46.7 Å². The molecule has 22 heavy (non-hydrogen) atoms. The van der Waals surface area contributed by atoms with Crippen LogP contribution in [-0.4, -0.2) is 28.6 Å². The van der Waals surface area contributed by atoms with E-state index >= 15 is 0 Å². The minimum absolute atomic E-state index is 0.180. The number of anilines is 1. The van der Waals surface area contributed by atoms with Crippen molar-refractivity contribution in [2.24, 2.45) is 5.10 Å². The van der Waals surface area contributed by atoms with Gasteiger partial charge in [-0.25, -0.2) is 4.98 Å². The molecule has 0 fully saturated rings. The zero-order chi connectivity index (χ0) is 15.7. The second-order valence-electron chi connectivity index (χ2n) is 4.21. The Morgan fingerprint density at radius 2 is 2.09 bits per heavy atom. The van der Waals surface area contributed by atoms with Gasteiger partial charge in [0, 0.05) is 11.6 Å². The Morgan fingerprint density at radius 1 is 1.36 bits per heavy atom. The van der Waals surface area contributed by atoms with Crippen molar-refractivity contribution in [1.82, 2.24) is 9.38 Å². The van der Waals surface area contributed by atoms with Crippen LogP contribution in [0.3, 0.4) is 0 Å². The summed E-state index contributed by atoms with van der Waals surface area (Å²) in [6.45, 7) is 0. The number of hydrazone groups is 1. The molecule has 1 aromatic carbocycles. The van der Waals surface area contributed by atoms with Crippen molar-refractivity contribution in [1.29, 1.82) is 0 Å². The predicted octanol–water partition coefficient (Wildman–Crippen LogP) is 2.74. The van der Waals surface area contributed by atoms with E-state index in [-0.39, 0.29) is 4.90 Å². The monoisotopic (exact) mass is 356 g/mol. The second-order valence-corrected chi connectivity index (χ2v) is 6.87. The molecule has 0 aliphatic heterocycles. The molecule has 114 valence electrons. The first-order chi connectivity index (χ1) is 10.4. The lowest BCUT2D eigenvalue weighted by atomic mass is 10.3. The van der Waals surface area contributed by atoms with E-state index in [0.29, 0.717) is 16.5 Å². The van der Waals surface area contributed by atoms with Crippen LogP contribution < -0.4 is 5.43 Å². The SMILES string of the molecule is O=S(=O)(O)c1ccc(NN=Cc2c(Cl)nc3sccn23)cc1. The predicted molar refractivity (Wildman–Crippen MR) is 85.6 cm³/mol. The zero-order valence-corrected chi connectivity index (χ0v) is 13.2. The summed E-state index contributed by atoms with van der Waals surface area (Å²) < 4.78 is 32.6. The number of benzene rings is 1. The molecule has 0 radical (unpaired) electrons. The quantitative estimate of drug-likeness (QED) is 0.425. The van der Waals surface area contributed by atoms with Gasteiger partial charge in [-0.15, -0.1) is 11.3 Å². The van der Waals surface area contributed by atoms with Crippen LogP contribution >= 0.6 is 22.9 Å². The number of hydrogen-bond acceptors (Lipinski definition) is 6. The van der Waals surface area contributed by atoms with Crippen molar-refractivity contribution in [3.8, 4) is 0 Å². The molecule has 0 aliphatic carbocycles. The third-order valence-corrected chi connectivity index (χ3v) is 4.69. The van der Waals surface area contributed by atoms with Crippen LogP contribution in [0.2, 0.25) is 5.15 Å². The topological polar surface area (TPSA) is 96.1 Å². The number of halogens is 1. The smallest absolute Gasteiger partial charge is 0.288 e. The van der Waals surface area contributed by atoms with Gasteiger partial charge in [0.25, 0.3) is 10.1 Å². The second kappa shape index (κ2) is 5.69. The molecule has 0 spiro atoms. The average molecular weight is 357 g/mol. The van der Waals surface area contributed by atoms with E-state index in [2.05, 4.69) is 15.5 Å². The third-order valence-electron chi connectivity index (χ3n) is 2.79. The summed E-state index contributed by atoms with van der Waals surface area (Å²) in [7, 11) is -4.19. The lowest BCUT2D eigenvalue weighted by Crippen LogP contribution is -1.98. The third kappa shape index (κ3) is 2.97. The number of nitrogens with zero attached hydrogens (tertiary/aromatic N) is 3. The average Bonchev–Trinajstić information content (AvgIpc) is 3.01. The van der Waals surface area contributed by atoms with Gasteiger partial charge in [0.15, 0.2) is 10.1 Å². The molecule has 0 aliphatic rings. The van der Waals surface area contributed by atoms with E-state index < -0.39 is 10.1 Å². The maximum atomic E-state index is 10.9. The molecule has 2 heterocycles.